The van der Waals surface area contributed by atoms with Crippen LogP contribution in [0.4, 0.5) is 4.39 Å². The highest BCUT2D eigenvalue weighted by molar-refractivity contribution is 9.10. The van der Waals surface area contributed by atoms with Crippen molar-refractivity contribution in [1.29, 1.82) is 0 Å². The van der Waals surface area contributed by atoms with Gasteiger partial charge in [0.2, 0.25) is 0 Å². The molecular weight excluding hydrogens is 325 g/mol. The maximum atomic E-state index is 13.1. The van der Waals surface area contributed by atoms with Crippen LogP contribution in [-0.4, -0.2) is 36.1 Å². The van der Waals surface area contributed by atoms with Crippen molar-refractivity contribution in [3.63, 3.8) is 0 Å². The molecule has 3 nitrogen and oxygen atoms in total. The van der Waals surface area contributed by atoms with E-state index in [4.69, 9.17) is 4.74 Å². The Labute approximate surface area is 126 Å². The third-order valence-electron chi connectivity index (χ3n) is 4.12. The van der Waals surface area contributed by atoms with E-state index in [1.807, 2.05) is 4.90 Å². The van der Waals surface area contributed by atoms with E-state index in [9.17, 15) is 9.18 Å². The molecule has 1 aromatic carbocycles. The zero-order chi connectivity index (χ0) is 14.1. The van der Waals surface area contributed by atoms with E-state index in [0.29, 0.717) is 10.0 Å². The van der Waals surface area contributed by atoms with Crippen LogP contribution >= 0.6 is 15.9 Å². The lowest BCUT2D eigenvalue weighted by molar-refractivity contribution is 0.0340. The van der Waals surface area contributed by atoms with E-state index in [0.717, 1.165) is 38.8 Å². The first kappa shape index (κ1) is 14.0. The molecule has 2 fully saturated rings. The lowest BCUT2D eigenvalue weighted by atomic mass is 10.0. The fourth-order valence-corrected chi connectivity index (χ4v) is 3.68. The van der Waals surface area contributed by atoms with Crippen molar-refractivity contribution >= 4 is 21.8 Å². The topological polar surface area (TPSA) is 29.5 Å². The Morgan fingerprint density at radius 3 is 2.90 bits per heavy atom. The molecule has 20 heavy (non-hydrogen) atoms. The predicted molar refractivity (Wildman–Crippen MR) is 77.1 cm³/mol. The van der Waals surface area contributed by atoms with E-state index in [1.165, 1.54) is 12.1 Å². The van der Waals surface area contributed by atoms with Crippen molar-refractivity contribution < 1.29 is 13.9 Å². The van der Waals surface area contributed by atoms with Crippen molar-refractivity contribution in [2.45, 2.75) is 37.8 Å². The van der Waals surface area contributed by atoms with Crippen LogP contribution in [0.1, 0.15) is 36.0 Å². The molecule has 0 N–H and O–H groups in total. The second-order valence-electron chi connectivity index (χ2n) is 5.38. The molecule has 2 atom stereocenters. The minimum Gasteiger partial charge on any atom is -0.376 e. The molecule has 0 saturated carbocycles. The average Bonchev–Trinajstić information content (AvgIpc) is 3.09. The second-order valence-corrected chi connectivity index (χ2v) is 6.24. The van der Waals surface area contributed by atoms with Crippen molar-refractivity contribution in [1.82, 2.24) is 4.90 Å². The van der Waals surface area contributed by atoms with Crippen LogP contribution in [0, 0.1) is 5.82 Å². The van der Waals surface area contributed by atoms with Crippen LogP contribution in [0.3, 0.4) is 0 Å². The Bertz CT molecular complexity index is 517. The molecule has 2 aliphatic heterocycles. The Hall–Kier alpha value is -0.940. The van der Waals surface area contributed by atoms with E-state index in [2.05, 4.69) is 15.9 Å². The molecule has 2 aliphatic rings. The number of ether oxygens (including phenoxy) is 1. The summed E-state index contributed by atoms with van der Waals surface area (Å²) in [5.74, 6) is -0.375. The molecule has 1 amide bonds. The molecule has 3 rings (SSSR count). The van der Waals surface area contributed by atoms with Gasteiger partial charge >= 0.3 is 0 Å². The number of halogens is 2. The van der Waals surface area contributed by atoms with Gasteiger partial charge in [-0.3, -0.25) is 4.79 Å². The number of amides is 1. The molecule has 2 saturated heterocycles. The van der Waals surface area contributed by atoms with Gasteiger partial charge in [0.05, 0.1) is 17.7 Å². The SMILES string of the molecule is O=C(c1ccc(F)cc1Br)N1CCC[C@@H]1[C@@H]1CCCO1. The monoisotopic (exact) mass is 341 g/mol. The molecule has 0 aromatic heterocycles. The lowest BCUT2D eigenvalue weighted by Crippen LogP contribution is -2.42. The first-order valence-corrected chi connectivity index (χ1v) is 7.84. The third-order valence-corrected chi connectivity index (χ3v) is 4.77. The van der Waals surface area contributed by atoms with Gasteiger partial charge in [0, 0.05) is 17.6 Å². The van der Waals surface area contributed by atoms with Crippen LogP contribution in [0.25, 0.3) is 0 Å². The molecule has 2 heterocycles. The molecule has 0 bridgehead atoms. The fourth-order valence-electron chi connectivity index (χ4n) is 3.15. The molecule has 108 valence electrons. The van der Waals surface area contributed by atoms with Crippen LogP contribution in [0.2, 0.25) is 0 Å². The zero-order valence-corrected chi connectivity index (χ0v) is 12.7. The van der Waals surface area contributed by atoms with Gasteiger partial charge in [0.25, 0.3) is 5.91 Å². The molecule has 5 heteroatoms. The average molecular weight is 342 g/mol. The highest BCUT2D eigenvalue weighted by atomic mass is 79.9. The van der Waals surface area contributed by atoms with E-state index in [-0.39, 0.29) is 23.9 Å². The number of likely N-dealkylation sites (tertiary alicyclic amines) is 1. The number of carbonyl (C=O) groups is 1. The van der Waals surface area contributed by atoms with Gasteiger partial charge in [0.15, 0.2) is 0 Å². The van der Waals surface area contributed by atoms with Crippen molar-refractivity contribution in [2.24, 2.45) is 0 Å². The number of rotatable bonds is 2. The molecule has 0 unspecified atom stereocenters. The molecule has 0 aliphatic carbocycles. The second kappa shape index (κ2) is 5.82. The van der Waals surface area contributed by atoms with Gasteiger partial charge in [-0.1, -0.05) is 0 Å². The molecule has 1 aromatic rings. The summed E-state index contributed by atoms with van der Waals surface area (Å²) >= 11 is 3.28. The number of hydrogen-bond acceptors (Lipinski definition) is 2. The third kappa shape index (κ3) is 2.61. The van der Waals surface area contributed by atoms with Gasteiger partial charge < -0.3 is 9.64 Å². The summed E-state index contributed by atoms with van der Waals surface area (Å²) < 4.78 is 19.4. The molecule has 0 radical (unpaired) electrons. The fraction of sp³-hybridized carbons (Fsp3) is 0.533. The maximum Gasteiger partial charge on any atom is 0.255 e. The summed E-state index contributed by atoms with van der Waals surface area (Å²) in [4.78, 5) is 14.6. The van der Waals surface area contributed by atoms with Gasteiger partial charge in [0.1, 0.15) is 5.82 Å². The van der Waals surface area contributed by atoms with Crippen molar-refractivity contribution in [2.75, 3.05) is 13.2 Å². The van der Waals surface area contributed by atoms with Gasteiger partial charge in [-0.05, 0) is 59.8 Å². The van der Waals surface area contributed by atoms with E-state index in [1.54, 1.807) is 6.07 Å². The van der Waals surface area contributed by atoms with Gasteiger partial charge in [-0.2, -0.15) is 0 Å². The predicted octanol–water partition coefficient (Wildman–Crippen LogP) is 3.37. The number of nitrogens with zero attached hydrogens (tertiary/aromatic N) is 1. The quantitative estimate of drug-likeness (QED) is 0.825. The zero-order valence-electron chi connectivity index (χ0n) is 11.1. The van der Waals surface area contributed by atoms with Gasteiger partial charge in [-0.25, -0.2) is 4.39 Å². The standard InChI is InChI=1S/C15H17BrFNO2/c16-12-9-10(17)5-6-11(12)15(19)18-7-1-3-13(18)14-4-2-8-20-14/h5-6,9,13-14H,1-4,7-8H2/t13-,14+/m1/s1. The minimum absolute atomic E-state index is 0.0325. The Balaban J connectivity index is 1.81. The highest BCUT2D eigenvalue weighted by Gasteiger charge is 2.37. The Morgan fingerprint density at radius 2 is 2.20 bits per heavy atom. The van der Waals surface area contributed by atoms with E-state index >= 15 is 0 Å². The van der Waals surface area contributed by atoms with Gasteiger partial charge in [-0.15, -0.1) is 0 Å². The summed E-state index contributed by atoms with van der Waals surface area (Å²) in [5.41, 5.74) is 0.524. The van der Waals surface area contributed by atoms with Crippen LogP contribution < -0.4 is 0 Å². The minimum atomic E-state index is -0.342. The summed E-state index contributed by atoms with van der Waals surface area (Å²) in [6, 6.07) is 4.38. The lowest BCUT2D eigenvalue weighted by Gasteiger charge is -2.29. The number of benzene rings is 1. The first-order valence-electron chi connectivity index (χ1n) is 7.04. The van der Waals surface area contributed by atoms with Crippen LogP contribution in [-0.2, 0) is 4.74 Å². The van der Waals surface area contributed by atoms with Crippen LogP contribution in [0.15, 0.2) is 22.7 Å². The first-order chi connectivity index (χ1) is 9.66. The maximum absolute atomic E-state index is 13.1. The summed E-state index contributed by atoms with van der Waals surface area (Å²) in [7, 11) is 0. The highest BCUT2D eigenvalue weighted by Crippen LogP contribution is 2.30. The molecule has 0 spiro atoms. The largest absolute Gasteiger partial charge is 0.376 e. The Kier molecular flexibility index (Phi) is 4.08. The van der Waals surface area contributed by atoms with Crippen molar-refractivity contribution in [3.05, 3.63) is 34.1 Å². The number of hydrogen-bond donors (Lipinski definition) is 0. The molecular formula is C15H17BrFNO2. The number of carbonyl (C=O) groups excluding carboxylic acids is 1. The normalized spacial score (nSPS) is 26.2. The summed E-state index contributed by atoms with van der Waals surface area (Å²) in [6.07, 6.45) is 4.27. The van der Waals surface area contributed by atoms with E-state index < -0.39 is 0 Å². The smallest absolute Gasteiger partial charge is 0.255 e. The summed E-state index contributed by atoms with van der Waals surface area (Å²) in [6.45, 7) is 1.55. The Morgan fingerprint density at radius 1 is 1.35 bits per heavy atom. The van der Waals surface area contributed by atoms with Crippen LogP contribution in [0.5, 0.6) is 0 Å². The van der Waals surface area contributed by atoms with Crippen molar-refractivity contribution in [3.8, 4) is 0 Å². The summed E-state index contributed by atoms with van der Waals surface area (Å²) in [5, 5.41) is 0.